The number of benzene rings is 1. The van der Waals surface area contributed by atoms with E-state index < -0.39 is 0 Å². The normalized spacial score (nSPS) is 10.4. The lowest BCUT2D eigenvalue weighted by molar-refractivity contribution is 1.16. The van der Waals surface area contributed by atoms with Crippen LogP contribution in [0.5, 0.6) is 0 Å². The van der Waals surface area contributed by atoms with Crippen molar-refractivity contribution in [1.82, 2.24) is 20.3 Å². The number of hydrogen-bond acceptors (Lipinski definition) is 6. The van der Waals surface area contributed by atoms with Crippen molar-refractivity contribution in [2.45, 2.75) is 13.8 Å². The Bertz CT molecular complexity index is 906. The number of hydrogen-bond donors (Lipinski definition) is 3. The number of rotatable bonds is 4. The van der Waals surface area contributed by atoms with Crippen molar-refractivity contribution in [1.29, 1.82) is 0 Å². The van der Waals surface area contributed by atoms with Crippen molar-refractivity contribution in [3.63, 3.8) is 0 Å². The molecule has 25 heavy (non-hydrogen) atoms. The molecular formula is C17H18N6S2. The monoisotopic (exact) mass is 370 g/mol. The topological polar surface area (TPSA) is 74.8 Å². The molecule has 8 heteroatoms. The molecule has 3 aromatic rings. The van der Waals surface area contributed by atoms with Crippen molar-refractivity contribution < 1.29 is 0 Å². The van der Waals surface area contributed by atoms with E-state index in [1.54, 1.807) is 24.6 Å². The molecule has 0 saturated carbocycles. The zero-order chi connectivity index (χ0) is 17.8. The van der Waals surface area contributed by atoms with Crippen LogP contribution in [0.4, 0.5) is 17.3 Å². The van der Waals surface area contributed by atoms with Gasteiger partial charge in [0, 0.05) is 24.6 Å². The first-order valence-electron chi connectivity index (χ1n) is 7.68. The highest BCUT2D eigenvalue weighted by Gasteiger charge is 2.10. The maximum Gasteiger partial charge on any atom is 0.227 e. The van der Waals surface area contributed by atoms with E-state index in [0.29, 0.717) is 11.1 Å². The molecule has 0 aliphatic rings. The van der Waals surface area contributed by atoms with Gasteiger partial charge in [-0.2, -0.15) is 0 Å². The largest absolute Gasteiger partial charge is 0.366 e. The molecule has 0 aliphatic heterocycles. The molecule has 0 saturated heterocycles. The molecule has 0 aliphatic carbocycles. The number of anilines is 3. The third-order valence-corrected chi connectivity index (χ3v) is 4.80. The molecule has 128 valence electrons. The number of aryl methyl sites for hydroxylation is 2. The van der Waals surface area contributed by atoms with Crippen LogP contribution in [-0.2, 0) is 0 Å². The first-order valence-corrected chi connectivity index (χ1v) is 8.91. The van der Waals surface area contributed by atoms with E-state index >= 15 is 0 Å². The fraction of sp³-hybridized carbons (Fsp3) is 0.176. The van der Waals surface area contributed by atoms with Crippen molar-refractivity contribution in [2.75, 3.05) is 17.7 Å². The fourth-order valence-electron chi connectivity index (χ4n) is 2.31. The van der Waals surface area contributed by atoms with Crippen LogP contribution in [0.2, 0.25) is 0 Å². The standard InChI is InChI=1S/C17H18N6S2/c1-10-15(25-11(2)20-10)14-7-8-19-16(23-14)21-12-5-4-6-13(9-12)22-17(24)18-3/h4-9H,1-3H3,(H2,18,22,24)(H,19,21,23). The zero-order valence-electron chi connectivity index (χ0n) is 14.1. The molecule has 3 rings (SSSR count). The number of thiazole rings is 1. The zero-order valence-corrected chi connectivity index (χ0v) is 15.8. The summed E-state index contributed by atoms with van der Waals surface area (Å²) in [6.45, 7) is 3.99. The van der Waals surface area contributed by atoms with Crippen LogP contribution in [0.1, 0.15) is 10.7 Å². The first-order chi connectivity index (χ1) is 12.0. The molecular weight excluding hydrogens is 352 g/mol. The highest BCUT2D eigenvalue weighted by Crippen LogP contribution is 2.29. The molecule has 0 unspecified atom stereocenters. The second-order valence-electron chi connectivity index (χ2n) is 5.32. The minimum Gasteiger partial charge on any atom is -0.366 e. The van der Waals surface area contributed by atoms with Gasteiger partial charge >= 0.3 is 0 Å². The van der Waals surface area contributed by atoms with Crippen LogP contribution in [0.15, 0.2) is 36.5 Å². The van der Waals surface area contributed by atoms with Crippen LogP contribution in [0.25, 0.3) is 10.6 Å². The lowest BCUT2D eigenvalue weighted by Crippen LogP contribution is -2.24. The average Bonchev–Trinajstić information content (AvgIpc) is 2.94. The van der Waals surface area contributed by atoms with Crippen molar-refractivity contribution in [2.24, 2.45) is 0 Å². The lowest BCUT2D eigenvalue weighted by Gasteiger charge is -2.10. The highest BCUT2D eigenvalue weighted by molar-refractivity contribution is 7.80. The Hall–Kier alpha value is -2.58. The van der Waals surface area contributed by atoms with Crippen molar-refractivity contribution in [3.05, 3.63) is 47.2 Å². The third kappa shape index (κ3) is 4.28. The van der Waals surface area contributed by atoms with E-state index in [9.17, 15) is 0 Å². The van der Waals surface area contributed by atoms with Crippen LogP contribution in [-0.4, -0.2) is 27.1 Å². The van der Waals surface area contributed by atoms with Gasteiger partial charge in [0.15, 0.2) is 5.11 Å². The van der Waals surface area contributed by atoms with Crippen molar-refractivity contribution >= 4 is 46.0 Å². The second kappa shape index (κ2) is 7.54. The molecule has 0 atom stereocenters. The predicted molar refractivity (Wildman–Crippen MR) is 108 cm³/mol. The molecule has 2 heterocycles. The maximum atomic E-state index is 5.12. The summed E-state index contributed by atoms with van der Waals surface area (Å²) in [5, 5.41) is 10.8. The summed E-state index contributed by atoms with van der Waals surface area (Å²) < 4.78 is 0. The Kier molecular flexibility index (Phi) is 5.20. The lowest BCUT2D eigenvalue weighted by atomic mass is 10.2. The molecule has 3 N–H and O–H groups in total. The molecule has 0 radical (unpaired) electrons. The summed E-state index contributed by atoms with van der Waals surface area (Å²) in [6.07, 6.45) is 1.75. The van der Waals surface area contributed by atoms with Crippen LogP contribution >= 0.6 is 23.6 Å². The van der Waals surface area contributed by atoms with Gasteiger partial charge in [0.25, 0.3) is 0 Å². The summed E-state index contributed by atoms with van der Waals surface area (Å²) in [6, 6.07) is 9.67. The Morgan fingerprint density at radius 1 is 1.12 bits per heavy atom. The maximum absolute atomic E-state index is 5.12. The third-order valence-electron chi connectivity index (χ3n) is 3.40. The van der Waals surface area contributed by atoms with Gasteiger partial charge in [0.2, 0.25) is 5.95 Å². The SMILES string of the molecule is CNC(=S)Nc1cccc(Nc2nccc(-c3sc(C)nc3C)n2)c1. The van der Waals surface area contributed by atoms with E-state index in [0.717, 1.165) is 32.6 Å². The molecule has 0 fully saturated rings. The molecule has 0 bridgehead atoms. The number of nitrogens with one attached hydrogen (secondary N) is 3. The van der Waals surface area contributed by atoms with Gasteiger partial charge in [-0.05, 0) is 50.3 Å². The number of nitrogens with zero attached hydrogens (tertiary/aromatic N) is 3. The molecule has 1 aromatic carbocycles. The Morgan fingerprint density at radius 3 is 2.64 bits per heavy atom. The highest BCUT2D eigenvalue weighted by atomic mass is 32.1. The summed E-state index contributed by atoms with van der Waals surface area (Å²) in [7, 11) is 1.78. The number of aromatic nitrogens is 3. The summed E-state index contributed by atoms with van der Waals surface area (Å²) in [4.78, 5) is 14.4. The van der Waals surface area contributed by atoms with Crippen LogP contribution < -0.4 is 16.0 Å². The van der Waals surface area contributed by atoms with Gasteiger partial charge in [-0.25, -0.2) is 15.0 Å². The van der Waals surface area contributed by atoms with Gasteiger partial charge in [0.1, 0.15) is 0 Å². The Balaban J connectivity index is 1.82. The minimum atomic E-state index is 0.538. The molecule has 6 nitrogen and oxygen atoms in total. The van der Waals surface area contributed by atoms with E-state index in [2.05, 4.69) is 30.9 Å². The van der Waals surface area contributed by atoms with E-state index in [-0.39, 0.29) is 0 Å². The van der Waals surface area contributed by atoms with E-state index in [1.807, 2.05) is 44.2 Å². The Labute approximate surface area is 155 Å². The minimum absolute atomic E-state index is 0.538. The molecule has 0 spiro atoms. The summed E-state index contributed by atoms with van der Waals surface area (Å²) in [5.74, 6) is 0.538. The Morgan fingerprint density at radius 2 is 1.92 bits per heavy atom. The van der Waals surface area contributed by atoms with E-state index in [4.69, 9.17) is 12.2 Å². The molecule has 0 amide bonds. The van der Waals surface area contributed by atoms with Gasteiger partial charge < -0.3 is 16.0 Å². The summed E-state index contributed by atoms with van der Waals surface area (Å²) in [5.41, 5.74) is 3.61. The van der Waals surface area contributed by atoms with Gasteiger partial charge in [-0.1, -0.05) is 6.07 Å². The van der Waals surface area contributed by atoms with Crippen LogP contribution in [0.3, 0.4) is 0 Å². The fourth-order valence-corrected chi connectivity index (χ4v) is 3.32. The second-order valence-corrected chi connectivity index (χ2v) is 6.93. The quantitative estimate of drug-likeness (QED) is 0.602. The first kappa shape index (κ1) is 17.2. The average molecular weight is 371 g/mol. The molecule has 2 aromatic heterocycles. The predicted octanol–water partition coefficient (Wildman–Crippen LogP) is 3.88. The van der Waals surface area contributed by atoms with Gasteiger partial charge in [-0.3, -0.25) is 0 Å². The number of thiocarbonyl (C=S) groups is 1. The van der Waals surface area contributed by atoms with Gasteiger partial charge in [0.05, 0.1) is 21.3 Å². The summed E-state index contributed by atoms with van der Waals surface area (Å²) >= 11 is 6.76. The van der Waals surface area contributed by atoms with Crippen molar-refractivity contribution in [3.8, 4) is 10.6 Å². The van der Waals surface area contributed by atoms with Gasteiger partial charge in [-0.15, -0.1) is 11.3 Å². The van der Waals surface area contributed by atoms with Crippen LogP contribution in [0, 0.1) is 13.8 Å². The van der Waals surface area contributed by atoms with E-state index in [1.165, 1.54) is 0 Å². The smallest absolute Gasteiger partial charge is 0.227 e.